The van der Waals surface area contributed by atoms with Crippen LogP contribution in [0.15, 0.2) is 24.4 Å². The molecular formula is C32H38F5N5O6S. The summed E-state index contributed by atoms with van der Waals surface area (Å²) in [5.41, 5.74) is -5.31. The second kappa shape index (κ2) is 16.2. The van der Waals surface area contributed by atoms with E-state index in [9.17, 15) is 22.8 Å². The third-order valence-electron chi connectivity index (χ3n) is 7.61. The fourth-order valence-corrected chi connectivity index (χ4v) is 5.01. The molecule has 17 heteroatoms. The molecule has 1 aromatic heterocycles. The van der Waals surface area contributed by atoms with E-state index in [4.69, 9.17) is 36.4 Å². The van der Waals surface area contributed by atoms with Gasteiger partial charge < -0.3 is 29.2 Å². The van der Waals surface area contributed by atoms with Crippen LogP contribution in [0.1, 0.15) is 52.7 Å². The van der Waals surface area contributed by atoms with Gasteiger partial charge >= 0.3 is 6.18 Å². The third-order valence-corrected chi connectivity index (χ3v) is 7.97. The number of carbonyl (C=O) groups excluding carboxylic acids is 2. The van der Waals surface area contributed by atoms with Crippen molar-refractivity contribution in [3.63, 3.8) is 0 Å². The smallest absolute Gasteiger partial charge is 0.420 e. The fraction of sp³-hybridized carbons (Fsp3) is 0.531. The number of halogens is 5. The molecule has 268 valence electrons. The quantitative estimate of drug-likeness (QED) is 0.150. The van der Waals surface area contributed by atoms with E-state index in [1.54, 1.807) is 0 Å². The van der Waals surface area contributed by atoms with Gasteiger partial charge in [0.1, 0.15) is 24.3 Å². The molecule has 0 spiro atoms. The maximum atomic E-state index is 15.2. The Labute approximate surface area is 286 Å². The lowest BCUT2D eigenvalue weighted by atomic mass is 9.88. The predicted molar refractivity (Wildman–Crippen MR) is 172 cm³/mol. The number of carbonyl (C=O) groups is 2. The molecule has 2 aromatic rings. The van der Waals surface area contributed by atoms with Crippen molar-refractivity contribution in [3.8, 4) is 11.9 Å². The van der Waals surface area contributed by atoms with Crippen LogP contribution in [0.2, 0.25) is 0 Å². The zero-order valence-corrected chi connectivity index (χ0v) is 28.7. The van der Waals surface area contributed by atoms with E-state index < -0.39 is 51.2 Å². The highest BCUT2D eigenvalue weighted by Crippen LogP contribution is 2.42. The summed E-state index contributed by atoms with van der Waals surface area (Å²) in [6.45, 7) is 11.6. The summed E-state index contributed by atoms with van der Waals surface area (Å²) in [5.74, 6) is -4.27. The van der Waals surface area contributed by atoms with Gasteiger partial charge in [0.15, 0.2) is 16.7 Å². The van der Waals surface area contributed by atoms with Crippen LogP contribution >= 0.6 is 12.2 Å². The molecule has 1 aliphatic heterocycles. The van der Waals surface area contributed by atoms with Gasteiger partial charge in [-0.2, -0.15) is 18.4 Å². The Morgan fingerprint density at radius 1 is 1.06 bits per heavy atom. The second-order valence-corrected chi connectivity index (χ2v) is 12.9. The van der Waals surface area contributed by atoms with E-state index in [1.807, 2.05) is 27.7 Å². The Hall–Kier alpha value is -3.98. The normalized spacial score (nSPS) is 15.4. The third kappa shape index (κ3) is 9.59. The number of hydrogen-bond acceptors (Lipinski definition) is 9. The molecule has 0 bridgehead atoms. The van der Waals surface area contributed by atoms with E-state index in [-0.39, 0.29) is 75.2 Å². The first-order valence-electron chi connectivity index (χ1n) is 15.1. The number of alkyl halides is 3. The van der Waals surface area contributed by atoms with Crippen molar-refractivity contribution in [1.29, 1.82) is 5.26 Å². The van der Waals surface area contributed by atoms with E-state index >= 15 is 8.78 Å². The summed E-state index contributed by atoms with van der Waals surface area (Å²) < 4.78 is 92.4. The molecule has 11 nitrogen and oxygen atoms in total. The molecule has 1 N–H and O–H groups in total. The van der Waals surface area contributed by atoms with Crippen molar-refractivity contribution >= 4 is 40.5 Å². The summed E-state index contributed by atoms with van der Waals surface area (Å²) in [7, 11) is 0. The van der Waals surface area contributed by atoms with E-state index in [0.717, 1.165) is 29.3 Å². The molecule has 1 atom stereocenters. The first-order chi connectivity index (χ1) is 22.8. The number of nitrogens with zero attached hydrogens (tertiary/aromatic N) is 4. The van der Waals surface area contributed by atoms with Crippen LogP contribution in [0.4, 0.5) is 33.3 Å². The van der Waals surface area contributed by atoms with Crippen LogP contribution in [-0.4, -0.2) is 79.7 Å². The molecule has 3 rings (SSSR count). The number of benzene rings is 1. The van der Waals surface area contributed by atoms with Crippen LogP contribution in [0.3, 0.4) is 0 Å². The molecule has 0 radical (unpaired) electrons. The number of nitriles is 1. The summed E-state index contributed by atoms with van der Waals surface area (Å²) in [6.07, 6.45) is -4.08. The lowest BCUT2D eigenvalue weighted by molar-refractivity contribution is -0.140. The number of anilines is 2. The minimum atomic E-state index is -5.23. The number of aromatic nitrogens is 1. The highest BCUT2D eigenvalue weighted by Gasteiger charge is 2.52. The number of nitrogens with one attached hydrogen (secondary N) is 1. The molecule has 1 unspecified atom stereocenters. The maximum Gasteiger partial charge on any atom is 0.420 e. The van der Waals surface area contributed by atoms with Gasteiger partial charge in [-0.05, 0) is 50.5 Å². The number of hydrogen-bond donors (Lipinski definition) is 1. The monoisotopic (exact) mass is 715 g/mol. The zero-order valence-electron chi connectivity index (χ0n) is 27.9. The molecule has 1 saturated heterocycles. The van der Waals surface area contributed by atoms with Gasteiger partial charge in [0.25, 0.3) is 11.8 Å². The first-order valence-corrected chi connectivity index (χ1v) is 15.5. The zero-order chi connectivity index (χ0) is 36.7. The Morgan fingerprint density at radius 3 is 2.20 bits per heavy atom. The number of amides is 2. The van der Waals surface area contributed by atoms with Crippen LogP contribution in [0.25, 0.3) is 0 Å². The van der Waals surface area contributed by atoms with Gasteiger partial charge in [-0.3, -0.25) is 14.5 Å². The lowest BCUT2D eigenvalue weighted by Crippen LogP contribution is -2.44. The molecule has 0 aliphatic carbocycles. The molecule has 2 amide bonds. The molecule has 1 aromatic carbocycles. The van der Waals surface area contributed by atoms with Gasteiger partial charge in [0.05, 0.1) is 62.2 Å². The highest BCUT2D eigenvalue weighted by atomic mass is 32.1. The average Bonchev–Trinajstić information content (AvgIpc) is 3.17. The fourth-order valence-electron chi connectivity index (χ4n) is 4.49. The highest BCUT2D eigenvalue weighted by molar-refractivity contribution is 7.81. The summed E-state index contributed by atoms with van der Waals surface area (Å²) in [4.78, 5) is 30.9. The van der Waals surface area contributed by atoms with Crippen LogP contribution in [0.5, 0.6) is 5.88 Å². The summed E-state index contributed by atoms with van der Waals surface area (Å²) in [5, 5.41) is 11.5. The van der Waals surface area contributed by atoms with E-state index in [1.165, 1.54) is 19.9 Å². The van der Waals surface area contributed by atoms with E-state index in [0.29, 0.717) is 4.90 Å². The Bertz CT molecular complexity index is 1580. The largest absolute Gasteiger partial charge is 0.473 e. The Balaban J connectivity index is 1.49. The topological polar surface area (TPSA) is 126 Å². The number of thiocarbonyl (C=S) groups is 1. The standard InChI is InChI=1S/C32H38F5N5O6S/c1-19(30(2,3)4)40-24(43)18-47-12-11-45-9-10-46-13-14-48-27-22(33)15-21(17-39-27)42-29(49)41(28(44)31(42,5)6)23-8-7-20(16-38)25(26(23)34)32(35,36)37/h7-8,15,17,19H,9-14,18H2,1-6H3,(H,40,43). The van der Waals surface area contributed by atoms with Gasteiger partial charge in [-0.1, -0.05) is 20.8 Å². The molecule has 1 fully saturated rings. The average molecular weight is 716 g/mol. The van der Waals surface area contributed by atoms with Gasteiger partial charge in [0.2, 0.25) is 5.91 Å². The molecular weight excluding hydrogens is 677 g/mol. The SMILES string of the molecule is CC(NC(=O)COCCOCCOCCOc1ncc(N2C(=S)N(c3ccc(C#N)c(C(F)(F)F)c3F)C(=O)C2(C)C)cc1F)C(C)(C)C. The minimum Gasteiger partial charge on any atom is -0.473 e. The van der Waals surface area contributed by atoms with Crippen LogP contribution in [0, 0.1) is 28.4 Å². The van der Waals surface area contributed by atoms with Gasteiger partial charge in [-0.25, -0.2) is 13.8 Å². The molecule has 49 heavy (non-hydrogen) atoms. The van der Waals surface area contributed by atoms with Crippen molar-refractivity contribution < 1.29 is 50.5 Å². The predicted octanol–water partition coefficient (Wildman–Crippen LogP) is 5.15. The molecule has 1 aliphatic rings. The molecule has 2 heterocycles. The van der Waals surface area contributed by atoms with Crippen molar-refractivity contribution in [2.75, 3.05) is 56.0 Å². The Kier molecular flexibility index (Phi) is 13.0. The summed E-state index contributed by atoms with van der Waals surface area (Å²) in [6, 6.07) is 3.85. The van der Waals surface area contributed by atoms with Crippen LogP contribution < -0.4 is 19.9 Å². The van der Waals surface area contributed by atoms with Crippen molar-refractivity contribution in [1.82, 2.24) is 10.3 Å². The minimum absolute atomic E-state index is 0.00816. The molecule has 0 saturated carbocycles. The second-order valence-electron chi connectivity index (χ2n) is 12.5. The maximum absolute atomic E-state index is 15.2. The van der Waals surface area contributed by atoms with Crippen molar-refractivity contribution in [3.05, 3.63) is 47.2 Å². The Morgan fingerprint density at radius 2 is 1.65 bits per heavy atom. The van der Waals surface area contributed by atoms with E-state index in [2.05, 4.69) is 10.3 Å². The number of pyridine rings is 1. The van der Waals surface area contributed by atoms with Crippen molar-refractivity contribution in [2.24, 2.45) is 5.41 Å². The van der Waals surface area contributed by atoms with Gasteiger partial charge in [-0.15, -0.1) is 0 Å². The summed E-state index contributed by atoms with van der Waals surface area (Å²) >= 11 is 5.36. The lowest BCUT2D eigenvalue weighted by Gasteiger charge is -2.29. The first kappa shape index (κ1) is 39.5. The number of rotatable bonds is 15. The number of ether oxygens (including phenoxy) is 4. The van der Waals surface area contributed by atoms with Gasteiger partial charge in [0, 0.05) is 12.1 Å². The van der Waals surface area contributed by atoms with Crippen LogP contribution in [-0.2, 0) is 30.0 Å². The van der Waals surface area contributed by atoms with Crippen molar-refractivity contribution in [2.45, 2.75) is 59.3 Å².